The lowest BCUT2D eigenvalue weighted by atomic mass is 10.1. The average Bonchev–Trinajstić information content (AvgIpc) is 2.84. The van der Waals surface area contributed by atoms with Crippen molar-refractivity contribution in [1.82, 2.24) is 10.2 Å². The minimum absolute atomic E-state index is 0.0390. The van der Waals surface area contributed by atoms with Gasteiger partial charge in [0.2, 0.25) is 0 Å². The maximum absolute atomic E-state index is 12.2. The van der Waals surface area contributed by atoms with Crippen molar-refractivity contribution in [3.8, 4) is 0 Å². The molecular weight excluding hydrogens is 264 g/mol. The van der Waals surface area contributed by atoms with E-state index in [1.807, 2.05) is 26.1 Å². The SMILES string of the molecule is CCNC(=O)c1ccc(N)cc1N(C)CC1CCN(C)C1. The van der Waals surface area contributed by atoms with Crippen LogP contribution in [0.3, 0.4) is 0 Å². The molecule has 0 radical (unpaired) electrons. The van der Waals surface area contributed by atoms with Gasteiger partial charge >= 0.3 is 0 Å². The van der Waals surface area contributed by atoms with Crippen molar-refractivity contribution in [2.75, 3.05) is 50.9 Å². The number of nitrogens with two attached hydrogens (primary N) is 1. The topological polar surface area (TPSA) is 61.6 Å². The highest BCUT2D eigenvalue weighted by Crippen LogP contribution is 2.25. The van der Waals surface area contributed by atoms with Gasteiger partial charge in [0.25, 0.3) is 5.91 Å². The summed E-state index contributed by atoms with van der Waals surface area (Å²) in [5, 5.41) is 2.86. The van der Waals surface area contributed by atoms with Crippen LogP contribution in [0.25, 0.3) is 0 Å². The Hall–Kier alpha value is -1.75. The first kappa shape index (κ1) is 15.6. The molecule has 1 fully saturated rings. The zero-order valence-corrected chi connectivity index (χ0v) is 13.2. The number of amides is 1. The molecule has 1 amide bonds. The standard InChI is InChI=1S/C16H26N4O/c1-4-18-16(21)14-6-5-13(17)9-15(14)20(3)11-12-7-8-19(2)10-12/h5-6,9,12H,4,7-8,10-11,17H2,1-3H3,(H,18,21). The molecule has 1 heterocycles. The first-order valence-corrected chi connectivity index (χ1v) is 7.58. The summed E-state index contributed by atoms with van der Waals surface area (Å²) >= 11 is 0. The fourth-order valence-electron chi connectivity index (χ4n) is 2.97. The fraction of sp³-hybridized carbons (Fsp3) is 0.562. The number of carbonyl (C=O) groups excluding carboxylic acids is 1. The van der Waals surface area contributed by atoms with Crippen LogP contribution in [-0.4, -0.2) is 51.1 Å². The molecule has 5 heteroatoms. The van der Waals surface area contributed by atoms with E-state index in [4.69, 9.17) is 5.73 Å². The van der Waals surface area contributed by atoms with Crippen LogP contribution in [0.1, 0.15) is 23.7 Å². The van der Waals surface area contributed by atoms with E-state index in [9.17, 15) is 4.79 Å². The molecule has 0 aromatic heterocycles. The number of rotatable bonds is 5. The number of nitrogens with one attached hydrogen (secondary N) is 1. The number of likely N-dealkylation sites (tertiary alicyclic amines) is 1. The first-order valence-electron chi connectivity index (χ1n) is 7.58. The van der Waals surface area contributed by atoms with Gasteiger partial charge < -0.3 is 20.9 Å². The second-order valence-electron chi connectivity index (χ2n) is 5.93. The van der Waals surface area contributed by atoms with Crippen LogP contribution in [0, 0.1) is 5.92 Å². The number of nitrogens with zero attached hydrogens (tertiary/aromatic N) is 2. The smallest absolute Gasteiger partial charge is 0.253 e. The minimum Gasteiger partial charge on any atom is -0.399 e. The summed E-state index contributed by atoms with van der Waals surface area (Å²) < 4.78 is 0. The van der Waals surface area contributed by atoms with E-state index >= 15 is 0 Å². The molecular formula is C16H26N4O. The number of benzene rings is 1. The predicted molar refractivity (Wildman–Crippen MR) is 87.7 cm³/mol. The first-order chi connectivity index (χ1) is 10.0. The number of carbonyl (C=O) groups is 1. The summed E-state index contributed by atoms with van der Waals surface area (Å²) in [6, 6.07) is 5.49. The predicted octanol–water partition coefficient (Wildman–Crippen LogP) is 1.41. The van der Waals surface area contributed by atoms with E-state index < -0.39 is 0 Å². The quantitative estimate of drug-likeness (QED) is 0.805. The summed E-state index contributed by atoms with van der Waals surface area (Å²) in [5.41, 5.74) is 8.20. The van der Waals surface area contributed by atoms with Gasteiger partial charge in [-0.25, -0.2) is 0 Å². The third kappa shape index (κ3) is 3.88. The van der Waals surface area contributed by atoms with Gasteiger partial charge in [-0.05, 0) is 51.1 Å². The van der Waals surface area contributed by atoms with Gasteiger partial charge in [0.15, 0.2) is 0 Å². The van der Waals surface area contributed by atoms with Gasteiger partial charge in [-0.1, -0.05) is 0 Å². The van der Waals surface area contributed by atoms with Crippen molar-refractivity contribution in [2.45, 2.75) is 13.3 Å². The maximum Gasteiger partial charge on any atom is 0.253 e. The molecule has 1 aliphatic rings. The lowest BCUT2D eigenvalue weighted by molar-refractivity contribution is 0.0956. The van der Waals surface area contributed by atoms with Crippen molar-refractivity contribution < 1.29 is 4.79 Å². The van der Waals surface area contributed by atoms with Crippen LogP contribution in [0.4, 0.5) is 11.4 Å². The maximum atomic E-state index is 12.2. The van der Waals surface area contributed by atoms with Crippen molar-refractivity contribution >= 4 is 17.3 Å². The molecule has 1 atom stereocenters. The zero-order valence-electron chi connectivity index (χ0n) is 13.2. The highest BCUT2D eigenvalue weighted by molar-refractivity contribution is 6.00. The second-order valence-corrected chi connectivity index (χ2v) is 5.93. The van der Waals surface area contributed by atoms with Crippen LogP contribution in [-0.2, 0) is 0 Å². The van der Waals surface area contributed by atoms with Crippen molar-refractivity contribution in [1.29, 1.82) is 0 Å². The van der Waals surface area contributed by atoms with Gasteiger partial charge in [-0.2, -0.15) is 0 Å². The lowest BCUT2D eigenvalue weighted by Crippen LogP contribution is -2.30. The molecule has 0 spiro atoms. The van der Waals surface area contributed by atoms with Crippen LogP contribution < -0.4 is 16.0 Å². The van der Waals surface area contributed by atoms with E-state index in [0.717, 1.165) is 25.3 Å². The molecule has 0 aliphatic carbocycles. The normalized spacial score (nSPS) is 18.7. The average molecular weight is 290 g/mol. The third-order valence-electron chi connectivity index (χ3n) is 4.04. The number of hydrogen-bond donors (Lipinski definition) is 2. The van der Waals surface area contributed by atoms with E-state index in [1.165, 1.54) is 6.42 Å². The minimum atomic E-state index is -0.0390. The molecule has 5 nitrogen and oxygen atoms in total. The summed E-state index contributed by atoms with van der Waals surface area (Å²) in [6.07, 6.45) is 1.21. The van der Waals surface area contributed by atoms with E-state index in [-0.39, 0.29) is 5.91 Å². The number of anilines is 2. The van der Waals surface area contributed by atoms with Crippen molar-refractivity contribution in [3.63, 3.8) is 0 Å². The van der Waals surface area contributed by atoms with Gasteiger partial charge in [0.1, 0.15) is 0 Å². The van der Waals surface area contributed by atoms with Gasteiger partial charge in [-0.3, -0.25) is 4.79 Å². The lowest BCUT2D eigenvalue weighted by Gasteiger charge is -2.25. The summed E-state index contributed by atoms with van der Waals surface area (Å²) in [5.74, 6) is 0.603. The fourth-order valence-corrected chi connectivity index (χ4v) is 2.97. The number of hydrogen-bond acceptors (Lipinski definition) is 4. The Balaban J connectivity index is 2.16. The molecule has 1 aromatic rings. The van der Waals surface area contributed by atoms with Crippen LogP contribution in [0.15, 0.2) is 18.2 Å². The largest absolute Gasteiger partial charge is 0.399 e. The Kier molecular flexibility index (Phi) is 5.07. The molecule has 1 aliphatic heterocycles. The Bertz CT molecular complexity index is 503. The van der Waals surface area contributed by atoms with Crippen LogP contribution in [0.2, 0.25) is 0 Å². The highest BCUT2D eigenvalue weighted by Gasteiger charge is 2.22. The molecule has 1 unspecified atom stereocenters. The van der Waals surface area contributed by atoms with E-state index in [2.05, 4.69) is 22.2 Å². The highest BCUT2D eigenvalue weighted by atomic mass is 16.1. The second kappa shape index (κ2) is 6.80. The van der Waals surface area contributed by atoms with E-state index in [1.54, 1.807) is 6.07 Å². The Labute approximate surface area is 127 Å². The van der Waals surface area contributed by atoms with E-state index in [0.29, 0.717) is 23.7 Å². The molecule has 21 heavy (non-hydrogen) atoms. The molecule has 1 aromatic carbocycles. The van der Waals surface area contributed by atoms with Crippen molar-refractivity contribution in [2.24, 2.45) is 5.92 Å². The van der Waals surface area contributed by atoms with Crippen molar-refractivity contribution in [3.05, 3.63) is 23.8 Å². The van der Waals surface area contributed by atoms with Gasteiger partial charge in [-0.15, -0.1) is 0 Å². The van der Waals surface area contributed by atoms with Crippen LogP contribution in [0.5, 0.6) is 0 Å². The zero-order chi connectivity index (χ0) is 15.4. The monoisotopic (exact) mass is 290 g/mol. The molecule has 116 valence electrons. The third-order valence-corrected chi connectivity index (χ3v) is 4.04. The number of nitrogen functional groups attached to an aromatic ring is 1. The molecule has 0 saturated carbocycles. The van der Waals surface area contributed by atoms with Gasteiger partial charge in [0.05, 0.1) is 11.3 Å². The summed E-state index contributed by atoms with van der Waals surface area (Å²) in [4.78, 5) is 16.7. The molecule has 3 N–H and O–H groups in total. The summed E-state index contributed by atoms with van der Waals surface area (Å²) in [7, 11) is 4.19. The Morgan fingerprint density at radius 3 is 2.90 bits per heavy atom. The Morgan fingerprint density at radius 1 is 1.52 bits per heavy atom. The molecule has 2 rings (SSSR count). The van der Waals surface area contributed by atoms with Gasteiger partial charge in [0, 0.05) is 32.4 Å². The molecule has 1 saturated heterocycles. The molecule has 0 bridgehead atoms. The van der Waals surface area contributed by atoms with Crippen LogP contribution >= 0.6 is 0 Å². The Morgan fingerprint density at radius 2 is 2.29 bits per heavy atom. The summed E-state index contributed by atoms with van der Waals surface area (Å²) in [6.45, 7) is 5.76.